The van der Waals surface area contributed by atoms with E-state index in [1.807, 2.05) is 0 Å². The SMILES string of the molecule is COC(=O)P(=S)(Cl)OC. The first-order valence-corrected chi connectivity index (χ1v) is 5.61. The summed E-state index contributed by atoms with van der Waals surface area (Å²) < 4.78 is 8.76. The molecule has 0 aliphatic heterocycles. The maximum Gasteiger partial charge on any atom is 0.377 e. The Morgan fingerprint density at radius 2 is 2.11 bits per heavy atom. The van der Waals surface area contributed by atoms with Crippen molar-refractivity contribution in [2.24, 2.45) is 0 Å². The largest absolute Gasteiger partial charge is 0.463 e. The van der Waals surface area contributed by atoms with E-state index in [9.17, 15) is 4.79 Å². The van der Waals surface area contributed by atoms with Crippen LogP contribution in [0.25, 0.3) is 0 Å². The Labute approximate surface area is 63.2 Å². The number of ether oxygens (including phenoxy) is 1. The molecule has 0 aliphatic rings. The van der Waals surface area contributed by atoms with Crippen LogP contribution in [-0.4, -0.2) is 19.9 Å². The summed E-state index contributed by atoms with van der Waals surface area (Å²) in [7, 11) is 2.50. The third-order valence-electron chi connectivity index (χ3n) is 0.628. The van der Waals surface area contributed by atoms with Gasteiger partial charge in [-0.05, 0) is 23.0 Å². The third-order valence-corrected chi connectivity index (χ3v) is 3.44. The number of carbonyl (C=O) groups excluding carboxylic acids is 1. The van der Waals surface area contributed by atoms with E-state index in [0.29, 0.717) is 0 Å². The molecule has 0 radical (unpaired) electrons. The topological polar surface area (TPSA) is 35.5 Å². The zero-order valence-electron chi connectivity index (χ0n) is 4.96. The first kappa shape index (κ1) is 9.37. The molecule has 0 aromatic heterocycles. The Bertz CT molecular complexity index is 159. The van der Waals surface area contributed by atoms with E-state index < -0.39 is 11.3 Å². The molecule has 6 heteroatoms. The van der Waals surface area contributed by atoms with E-state index in [2.05, 4.69) is 21.1 Å². The normalized spacial score (nSPS) is 16.3. The number of hydrogen-bond donors (Lipinski definition) is 0. The molecule has 1 unspecified atom stereocenters. The first-order valence-electron chi connectivity index (χ1n) is 1.98. The van der Waals surface area contributed by atoms with Crippen molar-refractivity contribution in [3.8, 4) is 0 Å². The van der Waals surface area contributed by atoms with Gasteiger partial charge in [-0.2, -0.15) is 0 Å². The zero-order chi connectivity index (χ0) is 7.49. The van der Waals surface area contributed by atoms with Gasteiger partial charge in [0.05, 0.1) is 7.11 Å². The van der Waals surface area contributed by atoms with E-state index in [4.69, 9.17) is 11.2 Å². The zero-order valence-corrected chi connectivity index (χ0v) is 7.43. The Balaban J connectivity index is 4.16. The summed E-state index contributed by atoms with van der Waals surface area (Å²) >= 11 is 9.95. The van der Waals surface area contributed by atoms with Crippen LogP contribution >= 0.6 is 16.9 Å². The molecule has 0 aliphatic carbocycles. The van der Waals surface area contributed by atoms with Crippen molar-refractivity contribution in [2.45, 2.75) is 0 Å². The molecule has 0 rings (SSSR count). The predicted octanol–water partition coefficient (Wildman–Crippen LogP) is 1.95. The number of hydrogen-bond acceptors (Lipinski definition) is 4. The van der Waals surface area contributed by atoms with Gasteiger partial charge < -0.3 is 9.26 Å². The first-order chi connectivity index (χ1) is 4.04. The van der Waals surface area contributed by atoms with Crippen LogP contribution in [-0.2, 0) is 21.1 Å². The lowest BCUT2D eigenvalue weighted by molar-refractivity contribution is 0.196. The van der Waals surface area contributed by atoms with Crippen LogP contribution in [0.2, 0.25) is 0 Å². The predicted molar refractivity (Wildman–Crippen MR) is 39.6 cm³/mol. The molecule has 0 N–H and O–H groups in total. The minimum atomic E-state index is -2.82. The lowest BCUT2D eigenvalue weighted by Gasteiger charge is -2.06. The summed E-state index contributed by atoms with van der Waals surface area (Å²) in [6.07, 6.45) is 0. The smallest absolute Gasteiger partial charge is 0.377 e. The van der Waals surface area contributed by atoms with E-state index in [0.717, 1.165) is 0 Å². The highest BCUT2D eigenvalue weighted by atomic mass is 35.7. The van der Waals surface area contributed by atoms with Crippen molar-refractivity contribution in [1.29, 1.82) is 0 Å². The van der Waals surface area contributed by atoms with Gasteiger partial charge in [-0.1, -0.05) is 0 Å². The van der Waals surface area contributed by atoms with Crippen molar-refractivity contribution >= 4 is 34.4 Å². The Kier molecular flexibility index (Phi) is 3.66. The Hall–Kier alpha value is 0.370. The third kappa shape index (κ3) is 2.63. The van der Waals surface area contributed by atoms with Crippen molar-refractivity contribution in [3.63, 3.8) is 0 Å². The molecule has 0 aromatic rings. The second-order valence-corrected chi connectivity index (χ2v) is 6.39. The fourth-order valence-corrected chi connectivity index (χ4v) is 0.981. The highest BCUT2D eigenvalue weighted by molar-refractivity contribution is 8.32. The van der Waals surface area contributed by atoms with Crippen molar-refractivity contribution in [3.05, 3.63) is 0 Å². The molecule has 0 amide bonds. The monoisotopic (exact) mass is 188 g/mol. The number of methoxy groups -OCH3 is 1. The summed E-state index contributed by atoms with van der Waals surface area (Å²) in [5.41, 5.74) is -3.49. The van der Waals surface area contributed by atoms with Crippen molar-refractivity contribution in [1.82, 2.24) is 0 Å². The molecule has 0 saturated heterocycles. The Morgan fingerprint density at radius 3 is 2.22 bits per heavy atom. The van der Waals surface area contributed by atoms with Crippen LogP contribution in [0.4, 0.5) is 4.79 Å². The number of halogens is 1. The molecular weight excluding hydrogens is 183 g/mol. The molecular formula is C3H6ClO3PS. The maximum atomic E-state index is 10.5. The fraction of sp³-hybridized carbons (Fsp3) is 0.667. The molecule has 0 fully saturated rings. The summed E-state index contributed by atoms with van der Waals surface area (Å²) in [5.74, 6) is 0. The van der Waals surface area contributed by atoms with Gasteiger partial charge in [0.25, 0.3) is 5.62 Å². The second-order valence-electron chi connectivity index (χ2n) is 1.13. The summed E-state index contributed by atoms with van der Waals surface area (Å²) in [6.45, 7) is 0. The average molecular weight is 189 g/mol. The standard InChI is InChI=1S/C3H6ClO3PS/c1-6-3(5)8(4,9)7-2/h1-2H3. The number of rotatable bonds is 2. The summed E-state index contributed by atoms with van der Waals surface area (Å²) in [6, 6.07) is 0. The van der Waals surface area contributed by atoms with Crippen molar-refractivity contribution in [2.75, 3.05) is 14.2 Å². The minimum Gasteiger partial charge on any atom is -0.463 e. The van der Waals surface area contributed by atoms with Crippen LogP contribution in [0, 0.1) is 0 Å². The molecule has 0 bridgehead atoms. The van der Waals surface area contributed by atoms with Gasteiger partial charge >= 0.3 is 5.71 Å². The second kappa shape index (κ2) is 3.52. The molecule has 0 heterocycles. The van der Waals surface area contributed by atoms with Crippen molar-refractivity contribution < 1.29 is 14.1 Å². The molecule has 9 heavy (non-hydrogen) atoms. The minimum absolute atomic E-state index is 0.665. The van der Waals surface area contributed by atoms with E-state index in [1.54, 1.807) is 0 Å². The van der Waals surface area contributed by atoms with Crippen LogP contribution in [0.1, 0.15) is 0 Å². The molecule has 1 atom stereocenters. The molecule has 0 aromatic carbocycles. The van der Waals surface area contributed by atoms with Gasteiger partial charge in [-0.15, -0.1) is 0 Å². The van der Waals surface area contributed by atoms with Gasteiger partial charge in [-0.25, -0.2) is 4.79 Å². The maximum absolute atomic E-state index is 10.5. The molecule has 0 spiro atoms. The molecule has 0 saturated carbocycles. The van der Waals surface area contributed by atoms with Gasteiger partial charge in [0.15, 0.2) is 0 Å². The van der Waals surface area contributed by atoms with E-state index >= 15 is 0 Å². The molecule has 3 nitrogen and oxygen atoms in total. The van der Waals surface area contributed by atoms with Crippen LogP contribution in [0.5, 0.6) is 0 Å². The average Bonchev–Trinajstić information content (AvgIpc) is 1.86. The van der Waals surface area contributed by atoms with Gasteiger partial charge in [0, 0.05) is 7.11 Å². The van der Waals surface area contributed by atoms with E-state index in [-0.39, 0.29) is 0 Å². The van der Waals surface area contributed by atoms with Gasteiger partial charge in [0.1, 0.15) is 0 Å². The van der Waals surface area contributed by atoms with Crippen LogP contribution < -0.4 is 0 Å². The van der Waals surface area contributed by atoms with E-state index in [1.165, 1.54) is 14.2 Å². The van der Waals surface area contributed by atoms with Crippen LogP contribution in [0.15, 0.2) is 0 Å². The van der Waals surface area contributed by atoms with Crippen LogP contribution in [0.3, 0.4) is 0 Å². The van der Waals surface area contributed by atoms with Gasteiger partial charge in [0.2, 0.25) is 0 Å². The number of carbonyl (C=O) groups is 1. The lowest BCUT2D eigenvalue weighted by Crippen LogP contribution is -1.95. The summed E-state index contributed by atoms with van der Waals surface area (Å²) in [5, 5.41) is 0. The fourth-order valence-electron chi connectivity index (χ4n) is 0.184. The Morgan fingerprint density at radius 1 is 1.67 bits per heavy atom. The lowest BCUT2D eigenvalue weighted by atomic mass is 11.5. The quantitative estimate of drug-likeness (QED) is 0.621. The van der Waals surface area contributed by atoms with Gasteiger partial charge in [-0.3, -0.25) is 0 Å². The molecule has 54 valence electrons. The highest BCUT2D eigenvalue weighted by Gasteiger charge is 2.23. The summed E-state index contributed by atoms with van der Waals surface area (Å²) in [4.78, 5) is 10.5. The highest BCUT2D eigenvalue weighted by Crippen LogP contribution is 2.53.